The molecule has 0 bridgehead atoms. The highest BCUT2D eigenvalue weighted by atomic mass is 79.9. The van der Waals surface area contributed by atoms with Crippen LogP contribution >= 0.6 is 15.9 Å². The number of carbonyl (C=O) groups is 3. The number of fused-ring (bicyclic) bond motifs is 1. The van der Waals surface area contributed by atoms with E-state index in [0.717, 1.165) is 35.1 Å². The van der Waals surface area contributed by atoms with E-state index in [-0.39, 0.29) is 36.1 Å². The molecule has 0 radical (unpaired) electrons. The van der Waals surface area contributed by atoms with Gasteiger partial charge in [0.05, 0.1) is 11.8 Å². The number of halogens is 1. The highest BCUT2D eigenvalue weighted by Gasteiger charge is 2.48. The molecule has 1 aromatic carbocycles. The second-order valence-electron chi connectivity index (χ2n) is 5.82. The molecule has 1 N–H and O–H groups in total. The maximum atomic E-state index is 12.3. The fraction of sp³-hybridized carbons (Fsp3) is 0.438. The van der Waals surface area contributed by atoms with Crippen molar-refractivity contribution in [2.45, 2.75) is 25.7 Å². The van der Waals surface area contributed by atoms with Gasteiger partial charge in [-0.15, -0.1) is 0 Å². The van der Waals surface area contributed by atoms with Crippen molar-refractivity contribution in [3.8, 4) is 0 Å². The van der Waals surface area contributed by atoms with E-state index in [0.29, 0.717) is 5.69 Å². The Morgan fingerprint density at radius 1 is 1.09 bits per heavy atom. The van der Waals surface area contributed by atoms with Crippen molar-refractivity contribution < 1.29 is 14.4 Å². The molecule has 116 valence electrons. The van der Waals surface area contributed by atoms with Gasteiger partial charge in [0.2, 0.25) is 17.7 Å². The number of anilines is 1. The predicted octanol–water partition coefficient (Wildman–Crippen LogP) is 2.56. The maximum Gasteiger partial charge on any atom is 0.244 e. The van der Waals surface area contributed by atoms with Gasteiger partial charge < -0.3 is 5.32 Å². The zero-order chi connectivity index (χ0) is 15.7. The molecule has 1 aliphatic carbocycles. The zero-order valence-electron chi connectivity index (χ0n) is 12.0. The van der Waals surface area contributed by atoms with Gasteiger partial charge in [0.25, 0.3) is 0 Å². The molecule has 6 heteroatoms. The Bertz CT molecular complexity index is 590. The Morgan fingerprint density at radius 3 is 2.18 bits per heavy atom. The fourth-order valence-corrected chi connectivity index (χ4v) is 3.53. The molecule has 3 amide bonds. The van der Waals surface area contributed by atoms with Crippen LogP contribution in [0.1, 0.15) is 25.7 Å². The van der Waals surface area contributed by atoms with E-state index in [4.69, 9.17) is 0 Å². The molecule has 3 rings (SSSR count). The molecule has 22 heavy (non-hydrogen) atoms. The number of hydrogen-bond donors (Lipinski definition) is 1. The summed E-state index contributed by atoms with van der Waals surface area (Å²) in [7, 11) is 0. The van der Waals surface area contributed by atoms with Gasteiger partial charge in [0.1, 0.15) is 6.54 Å². The van der Waals surface area contributed by atoms with Crippen LogP contribution in [0.5, 0.6) is 0 Å². The molecule has 1 heterocycles. The Hall–Kier alpha value is -1.69. The van der Waals surface area contributed by atoms with E-state index in [1.165, 1.54) is 0 Å². The van der Waals surface area contributed by atoms with Gasteiger partial charge in [-0.1, -0.05) is 28.8 Å². The Morgan fingerprint density at radius 2 is 1.64 bits per heavy atom. The van der Waals surface area contributed by atoms with Crippen molar-refractivity contribution >= 4 is 39.3 Å². The van der Waals surface area contributed by atoms with Gasteiger partial charge in [-0.25, -0.2) is 0 Å². The molecule has 2 atom stereocenters. The van der Waals surface area contributed by atoms with Gasteiger partial charge in [0.15, 0.2) is 0 Å². The lowest BCUT2D eigenvalue weighted by molar-refractivity contribution is -0.142. The lowest BCUT2D eigenvalue weighted by Gasteiger charge is -2.19. The predicted molar refractivity (Wildman–Crippen MR) is 84.9 cm³/mol. The Balaban J connectivity index is 1.64. The minimum absolute atomic E-state index is 0.180. The van der Waals surface area contributed by atoms with Crippen LogP contribution in [0.3, 0.4) is 0 Å². The van der Waals surface area contributed by atoms with Crippen LogP contribution < -0.4 is 5.32 Å². The SMILES string of the molecule is O=C(CN1C(=O)C2CCCCC2C1=O)Nc1ccc(Br)cc1. The van der Waals surface area contributed by atoms with Gasteiger partial charge >= 0.3 is 0 Å². The van der Waals surface area contributed by atoms with Crippen LogP contribution in [-0.2, 0) is 14.4 Å². The molecule has 1 aliphatic heterocycles. The number of rotatable bonds is 3. The molecular weight excluding hydrogens is 348 g/mol. The molecule has 1 saturated heterocycles. The minimum Gasteiger partial charge on any atom is -0.325 e. The second-order valence-corrected chi connectivity index (χ2v) is 6.73. The molecule has 0 aromatic heterocycles. The smallest absolute Gasteiger partial charge is 0.244 e. The molecule has 1 aromatic rings. The number of hydrogen-bond acceptors (Lipinski definition) is 3. The monoisotopic (exact) mass is 364 g/mol. The van der Waals surface area contributed by atoms with Crippen molar-refractivity contribution in [1.29, 1.82) is 0 Å². The first-order chi connectivity index (χ1) is 10.6. The molecule has 2 fully saturated rings. The molecule has 5 nitrogen and oxygen atoms in total. The third-order valence-electron chi connectivity index (χ3n) is 4.36. The Kier molecular flexibility index (Phi) is 4.29. The van der Waals surface area contributed by atoms with E-state index in [1.807, 2.05) is 12.1 Å². The summed E-state index contributed by atoms with van der Waals surface area (Å²) in [5.41, 5.74) is 0.643. The van der Waals surface area contributed by atoms with Crippen LogP contribution in [0.25, 0.3) is 0 Å². The minimum atomic E-state index is -0.345. The highest BCUT2D eigenvalue weighted by molar-refractivity contribution is 9.10. The van der Waals surface area contributed by atoms with Crippen molar-refractivity contribution in [2.24, 2.45) is 11.8 Å². The van der Waals surface area contributed by atoms with Crippen molar-refractivity contribution in [3.05, 3.63) is 28.7 Å². The summed E-state index contributed by atoms with van der Waals surface area (Å²) in [5.74, 6) is -1.12. The average Bonchev–Trinajstić information content (AvgIpc) is 2.75. The number of carbonyl (C=O) groups excluding carboxylic acids is 3. The third-order valence-corrected chi connectivity index (χ3v) is 4.89. The standard InChI is InChI=1S/C16H17BrN2O3/c17-10-5-7-11(8-6-10)18-14(20)9-19-15(21)12-3-1-2-4-13(12)16(19)22/h5-8,12-13H,1-4,9H2,(H,18,20). The van der Waals surface area contributed by atoms with Crippen LogP contribution in [0.4, 0.5) is 5.69 Å². The topological polar surface area (TPSA) is 66.5 Å². The van der Waals surface area contributed by atoms with Gasteiger partial charge in [0, 0.05) is 10.2 Å². The maximum absolute atomic E-state index is 12.3. The first-order valence-electron chi connectivity index (χ1n) is 7.47. The summed E-state index contributed by atoms with van der Waals surface area (Å²) in [6, 6.07) is 7.15. The van der Waals surface area contributed by atoms with E-state index in [9.17, 15) is 14.4 Å². The Labute approximate surface area is 137 Å². The first-order valence-corrected chi connectivity index (χ1v) is 8.26. The zero-order valence-corrected chi connectivity index (χ0v) is 13.6. The van der Waals surface area contributed by atoms with Crippen LogP contribution in [0.2, 0.25) is 0 Å². The van der Waals surface area contributed by atoms with Gasteiger partial charge in [-0.2, -0.15) is 0 Å². The lowest BCUT2D eigenvalue weighted by atomic mass is 9.81. The van der Waals surface area contributed by atoms with E-state index < -0.39 is 0 Å². The summed E-state index contributed by atoms with van der Waals surface area (Å²) in [6.07, 6.45) is 3.50. The molecule has 2 aliphatic rings. The summed E-state index contributed by atoms with van der Waals surface area (Å²) in [6.45, 7) is -0.194. The number of nitrogens with one attached hydrogen (secondary N) is 1. The van der Waals surface area contributed by atoms with Gasteiger partial charge in [-0.05, 0) is 37.1 Å². The number of likely N-dealkylation sites (tertiary alicyclic amines) is 1. The molecule has 1 saturated carbocycles. The van der Waals surface area contributed by atoms with Crippen LogP contribution in [-0.4, -0.2) is 29.2 Å². The normalized spacial score (nSPS) is 24.3. The molecule has 0 spiro atoms. The van der Waals surface area contributed by atoms with Crippen molar-refractivity contribution in [3.63, 3.8) is 0 Å². The second kappa shape index (κ2) is 6.20. The number of nitrogens with zero attached hydrogens (tertiary/aromatic N) is 1. The largest absolute Gasteiger partial charge is 0.325 e. The summed E-state index contributed by atoms with van der Waals surface area (Å²) in [5, 5.41) is 2.71. The summed E-state index contributed by atoms with van der Waals surface area (Å²) >= 11 is 3.32. The van der Waals surface area contributed by atoms with Crippen molar-refractivity contribution in [2.75, 3.05) is 11.9 Å². The highest BCUT2D eigenvalue weighted by Crippen LogP contribution is 2.37. The number of amides is 3. The number of benzene rings is 1. The number of imide groups is 1. The van der Waals surface area contributed by atoms with Crippen molar-refractivity contribution in [1.82, 2.24) is 4.90 Å². The first kappa shape index (κ1) is 15.2. The summed E-state index contributed by atoms with van der Waals surface area (Å²) in [4.78, 5) is 37.8. The quantitative estimate of drug-likeness (QED) is 0.838. The average molecular weight is 365 g/mol. The van der Waals surface area contributed by atoms with E-state index >= 15 is 0 Å². The molecular formula is C16H17BrN2O3. The van der Waals surface area contributed by atoms with E-state index in [1.54, 1.807) is 12.1 Å². The van der Waals surface area contributed by atoms with Gasteiger partial charge in [-0.3, -0.25) is 19.3 Å². The van der Waals surface area contributed by atoms with Crippen LogP contribution in [0.15, 0.2) is 28.7 Å². The fourth-order valence-electron chi connectivity index (χ4n) is 3.26. The van der Waals surface area contributed by atoms with Crippen LogP contribution in [0, 0.1) is 11.8 Å². The third kappa shape index (κ3) is 2.92. The van der Waals surface area contributed by atoms with E-state index in [2.05, 4.69) is 21.2 Å². The molecule has 2 unspecified atom stereocenters. The lowest BCUT2D eigenvalue weighted by Crippen LogP contribution is -2.38. The summed E-state index contributed by atoms with van der Waals surface area (Å²) < 4.78 is 0.916.